The van der Waals surface area contributed by atoms with Crippen LogP contribution in [0, 0.1) is 0 Å². The molecule has 0 radical (unpaired) electrons. The monoisotopic (exact) mass is 359 g/mol. The number of anilines is 2. The number of carbonyl (C=O) groups is 1. The van der Waals surface area contributed by atoms with Crippen molar-refractivity contribution in [2.24, 2.45) is 0 Å². The summed E-state index contributed by atoms with van der Waals surface area (Å²) in [5.41, 5.74) is 4.80. The maximum atomic E-state index is 12.3. The quantitative estimate of drug-likeness (QED) is 0.629. The molecular formula is C23H25N3O. The molecule has 0 aliphatic rings. The third-order valence-electron chi connectivity index (χ3n) is 4.40. The van der Waals surface area contributed by atoms with Crippen molar-refractivity contribution in [3.63, 3.8) is 0 Å². The smallest absolute Gasteiger partial charge is 0.269 e. The summed E-state index contributed by atoms with van der Waals surface area (Å²) in [5, 5.41) is 6.31. The second kappa shape index (κ2) is 8.99. The lowest BCUT2D eigenvalue weighted by Crippen LogP contribution is -2.26. The Labute approximate surface area is 160 Å². The molecule has 0 fully saturated rings. The van der Waals surface area contributed by atoms with Gasteiger partial charge in [0.05, 0.1) is 11.9 Å². The lowest BCUT2D eigenvalue weighted by Gasteiger charge is -2.14. The molecule has 27 heavy (non-hydrogen) atoms. The van der Waals surface area contributed by atoms with Crippen molar-refractivity contribution in [2.75, 3.05) is 11.9 Å². The highest BCUT2D eigenvalue weighted by Crippen LogP contribution is 2.26. The van der Waals surface area contributed by atoms with Crippen LogP contribution in [0.1, 0.15) is 41.4 Å². The van der Waals surface area contributed by atoms with Gasteiger partial charge in [-0.15, -0.1) is 0 Å². The molecule has 3 rings (SSSR count). The predicted molar refractivity (Wildman–Crippen MR) is 111 cm³/mol. The molecule has 138 valence electrons. The number of rotatable bonds is 7. The van der Waals surface area contributed by atoms with Gasteiger partial charge in [-0.3, -0.25) is 4.79 Å². The van der Waals surface area contributed by atoms with Gasteiger partial charge in [0.25, 0.3) is 5.91 Å². The number of carbonyl (C=O) groups excluding carboxylic acids is 1. The average Bonchev–Trinajstić information content (AvgIpc) is 2.69. The van der Waals surface area contributed by atoms with Gasteiger partial charge < -0.3 is 10.6 Å². The summed E-state index contributed by atoms with van der Waals surface area (Å²) < 4.78 is 0. The van der Waals surface area contributed by atoms with Crippen molar-refractivity contribution in [2.45, 2.75) is 26.2 Å². The Morgan fingerprint density at radius 3 is 2.41 bits per heavy atom. The fourth-order valence-electron chi connectivity index (χ4n) is 2.93. The molecule has 3 aromatic rings. The number of nitrogens with zero attached hydrogens (tertiary/aromatic N) is 1. The molecular weight excluding hydrogens is 334 g/mol. The van der Waals surface area contributed by atoms with Gasteiger partial charge in [-0.2, -0.15) is 0 Å². The van der Waals surface area contributed by atoms with E-state index >= 15 is 0 Å². The van der Waals surface area contributed by atoms with Gasteiger partial charge in [0.1, 0.15) is 5.69 Å². The molecule has 1 amide bonds. The minimum absolute atomic E-state index is 0.153. The number of hydrogen-bond acceptors (Lipinski definition) is 3. The number of amides is 1. The molecule has 2 N–H and O–H groups in total. The van der Waals surface area contributed by atoms with E-state index in [1.54, 1.807) is 12.3 Å². The van der Waals surface area contributed by atoms with E-state index in [1.807, 2.05) is 36.4 Å². The van der Waals surface area contributed by atoms with E-state index in [0.29, 0.717) is 18.2 Å². The standard InChI is InChI=1S/C23H25N3O/c1-17(2)20-10-6-7-11-21(20)26-19-12-13-22(25-16-19)23(27)24-15-14-18-8-4-3-5-9-18/h3-13,16-17,26H,14-15H2,1-2H3,(H,24,27). The number of aromatic nitrogens is 1. The SMILES string of the molecule is CC(C)c1ccccc1Nc1ccc(C(=O)NCCc2ccccc2)nc1. The molecule has 4 nitrogen and oxygen atoms in total. The average molecular weight is 359 g/mol. The Kier molecular flexibility index (Phi) is 6.21. The van der Waals surface area contributed by atoms with E-state index in [4.69, 9.17) is 0 Å². The van der Waals surface area contributed by atoms with E-state index < -0.39 is 0 Å². The van der Waals surface area contributed by atoms with Gasteiger partial charge >= 0.3 is 0 Å². The van der Waals surface area contributed by atoms with E-state index in [2.05, 4.69) is 53.7 Å². The molecule has 0 aliphatic heterocycles. The molecule has 1 heterocycles. The Balaban J connectivity index is 1.57. The van der Waals surface area contributed by atoms with E-state index in [1.165, 1.54) is 11.1 Å². The Morgan fingerprint density at radius 2 is 1.70 bits per heavy atom. The Bertz CT molecular complexity index is 874. The fraction of sp³-hybridized carbons (Fsp3) is 0.217. The van der Waals surface area contributed by atoms with Crippen molar-refractivity contribution in [3.05, 3.63) is 89.7 Å². The first-order valence-corrected chi connectivity index (χ1v) is 9.27. The highest BCUT2D eigenvalue weighted by molar-refractivity contribution is 5.92. The largest absolute Gasteiger partial charge is 0.354 e. The second-order valence-corrected chi connectivity index (χ2v) is 6.79. The van der Waals surface area contributed by atoms with Crippen LogP contribution >= 0.6 is 0 Å². The first-order chi connectivity index (χ1) is 13.1. The van der Waals surface area contributed by atoms with Gasteiger partial charge in [0.15, 0.2) is 0 Å². The van der Waals surface area contributed by atoms with Crippen LogP contribution in [0.2, 0.25) is 0 Å². The van der Waals surface area contributed by atoms with Crippen LogP contribution in [0.3, 0.4) is 0 Å². The van der Waals surface area contributed by atoms with Gasteiger partial charge in [0, 0.05) is 12.2 Å². The van der Waals surface area contributed by atoms with Crippen LogP contribution in [0.4, 0.5) is 11.4 Å². The van der Waals surface area contributed by atoms with Crippen LogP contribution in [-0.4, -0.2) is 17.4 Å². The molecule has 0 saturated carbocycles. The second-order valence-electron chi connectivity index (χ2n) is 6.79. The highest BCUT2D eigenvalue weighted by Gasteiger charge is 2.09. The van der Waals surface area contributed by atoms with Crippen LogP contribution in [0.15, 0.2) is 72.9 Å². The normalized spacial score (nSPS) is 10.6. The van der Waals surface area contributed by atoms with Crippen LogP contribution in [0.5, 0.6) is 0 Å². The zero-order chi connectivity index (χ0) is 19.1. The van der Waals surface area contributed by atoms with Gasteiger partial charge in [-0.1, -0.05) is 62.4 Å². The molecule has 2 aromatic carbocycles. The molecule has 0 atom stereocenters. The summed E-state index contributed by atoms with van der Waals surface area (Å²) in [6.07, 6.45) is 2.50. The fourth-order valence-corrected chi connectivity index (χ4v) is 2.93. The summed E-state index contributed by atoms with van der Waals surface area (Å²) >= 11 is 0. The lowest BCUT2D eigenvalue weighted by molar-refractivity contribution is 0.0949. The summed E-state index contributed by atoms with van der Waals surface area (Å²) in [4.78, 5) is 16.6. The third-order valence-corrected chi connectivity index (χ3v) is 4.40. The number of hydrogen-bond donors (Lipinski definition) is 2. The molecule has 0 spiro atoms. The topological polar surface area (TPSA) is 54.0 Å². The van der Waals surface area contributed by atoms with Crippen LogP contribution in [0.25, 0.3) is 0 Å². The zero-order valence-electron chi connectivity index (χ0n) is 15.8. The summed E-state index contributed by atoms with van der Waals surface area (Å²) in [6.45, 7) is 4.93. The van der Waals surface area contributed by atoms with Crippen molar-refractivity contribution >= 4 is 17.3 Å². The Hall–Kier alpha value is -3.14. The number of benzene rings is 2. The first-order valence-electron chi connectivity index (χ1n) is 9.27. The van der Waals surface area contributed by atoms with Crippen molar-refractivity contribution in [1.82, 2.24) is 10.3 Å². The highest BCUT2D eigenvalue weighted by atomic mass is 16.1. The maximum Gasteiger partial charge on any atom is 0.269 e. The lowest BCUT2D eigenvalue weighted by atomic mass is 10.0. The zero-order valence-corrected chi connectivity index (χ0v) is 15.8. The molecule has 4 heteroatoms. The van der Waals surface area contributed by atoms with E-state index in [9.17, 15) is 4.79 Å². The maximum absolute atomic E-state index is 12.3. The molecule has 1 aromatic heterocycles. The summed E-state index contributed by atoms with van der Waals surface area (Å²) in [5.74, 6) is 0.274. The van der Waals surface area contributed by atoms with Crippen molar-refractivity contribution in [3.8, 4) is 0 Å². The minimum Gasteiger partial charge on any atom is -0.354 e. The minimum atomic E-state index is -0.153. The summed E-state index contributed by atoms with van der Waals surface area (Å²) in [6, 6.07) is 22.0. The number of pyridine rings is 1. The van der Waals surface area contributed by atoms with E-state index in [-0.39, 0.29) is 5.91 Å². The third kappa shape index (κ3) is 5.17. The van der Waals surface area contributed by atoms with Crippen molar-refractivity contribution < 1.29 is 4.79 Å². The number of para-hydroxylation sites is 1. The van der Waals surface area contributed by atoms with Gasteiger partial charge in [-0.25, -0.2) is 4.98 Å². The van der Waals surface area contributed by atoms with Crippen LogP contribution in [-0.2, 0) is 6.42 Å². The number of nitrogens with one attached hydrogen (secondary N) is 2. The van der Waals surface area contributed by atoms with Crippen LogP contribution < -0.4 is 10.6 Å². The van der Waals surface area contributed by atoms with Crippen molar-refractivity contribution in [1.29, 1.82) is 0 Å². The summed E-state index contributed by atoms with van der Waals surface area (Å²) in [7, 11) is 0. The molecule has 0 unspecified atom stereocenters. The molecule has 0 bridgehead atoms. The predicted octanol–water partition coefficient (Wildman–Crippen LogP) is 4.92. The molecule has 0 aliphatic carbocycles. The molecule has 0 saturated heterocycles. The first kappa shape index (κ1) is 18.6. The van der Waals surface area contributed by atoms with Gasteiger partial charge in [-0.05, 0) is 41.7 Å². The van der Waals surface area contributed by atoms with Gasteiger partial charge in [0.2, 0.25) is 0 Å². The Morgan fingerprint density at radius 1 is 0.963 bits per heavy atom. The van der Waals surface area contributed by atoms with E-state index in [0.717, 1.165) is 17.8 Å².